The van der Waals surface area contributed by atoms with Gasteiger partial charge in [-0.25, -0.2) is 0 Å². The normalized spacial score (nSPS) is 18.7. The van der Waals surface area contributed by atoms with Crippen LogP contribution in [0.15, 0.2) is 12.1 Å². The average molecular weight is 383 g/mol. The van der Waals surface area contributed by atoms with Crippen LogP contribution in [0.25, 0.3) is 0 Å². The molecule has 28 heavy (non-hydrogen) atoms. The van der Waals surface area contributed by atoms with Gasteiger partial charge in [0, 0.05) is 0 Å². The lowest BCUT2D eigenvalue weighted by Crippen LogP contribution is -2.26. The number of ether oxygens (including phenoxy) is 2. The molecule has 150 valence electrons. The Labute approximate surface area is 168 Å². The Hall–Kier alpha value is -2.53. The molecular weight excluding hydrogens is 352 g/mol. The summed E-state index contributed by atoms with van der Waals surface area (Å²) in [5.41, 5.74) is 0.208. The van der Waals surface area contributed by atoms with Crippen molar-refractivity contribution < 1.29 is 14.3 Å². The van der Waals surface area contributed by atoms with Gasteiger partial charge >= 0.3 is 5.97 Å². The lowest BCUT2D eigenvalue weighted by atomic mass is 9.80. The summed E-state index contributed by atoms with van der Waals surface area (Å²) in [7, 11) is 0. The summed E-state index contributed by atoms with van der Waals surface area (Å²) in [6.45, 7) is 4.79. The number of hydrogen-bond acceptors (Lipinski definition) is 5. The molecule has 0 N–H and O–H groups in total. The second-order valence-corrected chi connectivity index (χ2v) is 7.52. The van der Waals surface area contributed by atoms with Crippen LogP contribution in [-0.2, 0) is 4.79 Å². The molecular formula is C23H30N2O3. The molecule has 1 aromatic rings. The van der Waals surface area contributed by atoms with Gasteiger partial charge in [0.05, 0.1) is 12.5 Å². The van der Waals surface area contributed by atoms with E-state index in [4.69, 9.17) is 9.47 Å². The molecule has 0 aromatic heterocycles. The number of nitriles is 2. The van der Waals surface area contributed by atoms with E-state index in [2.05, 4.69) is 13.8 Å². The van der Waals surface area contributed by atoms with E-state index in [0.29, 0.717) is 18.3 Å². The first-order chi connectivity index (χ1) is 13.6. The zero-order valence-corrected chi connectivity index (χ0v) is 17.0. The molecule has 1 aromatic carbocycles. The van der Waals surface area contributed by atoms with Crippen molar-refractivity contribution in [1.82, 2.24) is 0 Å². The van der Waals surface area contributed by atoms with Gasteiger partial charge in [-0.1, -0.05) is 39.5 Å². The summed E-state index contributed by atoms with van der Waals surface area (Å²) in [6, 6.07) is 7.22. The lowest BCUT2D eigenvalue weighted by Gasteiger charge is -2.27. The summed E-state index contributed by atoms with van der Waals surface area (Å²) in [4.78, 5) is 12.6. The molecule has 0 saturated heterocycles. The van der Waals surface area contributed by atoms with Gasteiger partial charge in [-0.3, -0.25) is 4.79 Å². The van der Waals surface area contributed by atoms with Crippen LogP contribution in [-0.4, -0.2) is 12.6 Å². The first-order valence-electron chi connectivity index (χ1n) is 10.5. The van der Waals surface area contributed by atoms with E-state index in [0.717, 1.165) is 44.9 Å². The summed E-state index contributed by atoms with van der Waals surface area (Å²) in [5.74, 6) is 0.802. The number of benzene rings is 1. The van der Waals surface area contributed by atoms with Gasteiger partial charge in [0.2, 0.25) is 0 Å². The van der Waals surface area contributed by atoms with Crippen molar-refractivity contribution in [3.05, 3.63) is 23.3 Å². The molecule has 0 amide bonds. The van der Waals surface area contributed by atoms with E-state index in [9.17, 15) is 15.3 Å². The highest BCUT2D eigenvalue weighted by Crippen LogP contribution is 2.34. The highest BCUT2D eigenvalue weighted by molar-refractivity contribution is 5.77. The number of nitrogens with zero attached hydrogens (tertiary/aromatic N) is 2. The third kappa shape index (κ3) is 5.73. The van der Waals surface area contributed by atoms with Crippen LogP contribution in [0.1, 0.15) is 82.8 Å². The van der Waals surface area contributed by atoms with E-state index >= 15 is 0 Å². The van der Waals surface area contributed by atoms with E-state index in [1.54, 1.807) is 12.1 Å². The fourth-order valence-electron chi connectivity index (χ4n) is 3.81. The van der Waals surface area contributed by atoms with E-state index in [-0.39, 0.29) is 28.8 Å². The lowest BCUT2D eigenvalue weighted by molar-refractivity contribution is -0.140. The van der Waals surface area contributed by atoms with Crippen LogP contribution in [0.5, 0.6) is 11.5 Å². The van der Waals surface area contributed by atoms with Crippen molar-refractivity contribution in [3.8, 4) is 23.6 Å². The van der Waals surface area contributed by atoms with E-state index < -0.39 is 0 Å². The molecule has 1 aliphatic rings. The van der Waals surface area contributed by atoms with Crippen molar-refractivity contribution in [2.24, 2.45) is 11.8 Å². The van der Waals surface area contributed by atoms with E-state index in [1.165, 1.54) is 12.8 Å². The highest BCUT2D eigenvalue weighted by atomic mass is 16.5. The molecule has 1 fully saturated rings. The molecule has 1 saturated carbocycles. The predicted molar refractivity (Wildman–Crippen MR) is 107 cm³/mol. The van der Waals surface area contributed by atoms with Crippen LogP contribution >= 0.6 is 0 Å². The fraction of sp³-hybridized carbons (Fsp3) is 0.609. The van der Waals surface area contributed by atoms with E-state index in [1.807, 2.05) is 12.1 Å². The highest BCUT2D eigenvalue weighted by Gasteiger charge is 2.28. The van der Waals surface area contributed by atoms with Crippen LogP contribution in [0, 0.1) is 34.5 Å². The molecule has 0 spiro atoms. The second-order valence-electron chi connectivity index (χ2n) is 7.52. The Bertz CT molecular complexity index is 737. The second kappa shape index (κ2) is 11.3. The van der Waals surface area contributed by atoms with Crippen molar-refractivity contribution in [3.63, 3.8) is 0 Å². The minimum atomic E-state index is -0.299. The maximum atomic E-state index is 12.6. The summed E-state index contributed by atoms with van der Waals surface area (Å²) >= 11 is 0. The summed E-state index contributed by atoms with van der Waals surface area (Å²) in [6.07, 6.45) is 9.15. The predicted octanol–water partition coefficient (Wildman–Crippen LogP) is 5.51. The molecule has 0 atom stereocenters. The Balaban J connectivity index is 2.06. The minimum Gasteiger partial charge on any atom is -0.492 e. The molecule has 0 radical (unpaired) electrons. The molecule has 0 heterocycles. The number of esters is 1. The first kappa shape index (κ1) is 21.8. The maximum Gasteiger partial charge on any atom is 0.314 e. The Morgan fingerprint density at radius 3 is 2.25 bits per heavy atom. The summed E-state index contributed by atoms with van der Waals surface area (Å²) in [5, 5.41) is 19.0. The minimum absolute atomic E-state index is 0.0727. The zero-order chi connectivity index (χ0) is 20.4. The fourth-order valence-corrected chi connectivity index (χ4v) is 3.81. The maximum absolute atomic E-state index is 12.6. The monoisotopic (exact) mass is 382 g/mol. The van der Waals surface area contributed by atoms with Gasteiger partial charge in [0.25, 0.3) is 0 Å². The van der Waals surface area contributed by atoms with Crippen LogP contribution in [0.2, 0.25) is 0 Å². The Morgan fingerprint density at radius 2 is 1.64 bits per heavy atom. The number of carbonyl (C=O) groups is 1. The van der Waals surface area contributed by atoms with Crippen molar-refractivity contribution >= 4 is 5.97 Å². The smallest absolute Gasteiger partial charge is 0.314 e. The van der Waals surface area contributed by atoms with Crippen molar-refractivity contribution in [1.29, 1.82) is 10.5 Å². The third-order valence-electron chi connectivity index (χ3n) is 5.45. The quantitative estimate of drug-likeness (QED) is 0.319. The zero-order valence-electron chi connectivity index (χ0n) is 17.0. The number of carbonyl (C=O) groups excluding carboxylic acids is 1. The molecule has 2 rings (SSSR count). The van der Waals surface area contributed by atoms with Crippen molar-refractivity contribution in [2.75, 3.05) is 6.61 Å². The molecule has 0 bridgehead atoms. The van der Waals surface area contributed by atoms with Crippen LogP contribution < -0.4 is 9.47 Å². The van der Waals surface area contributed by atoms with Crippen molar-refractivity contribution in [2.45, 2.75) is 71.6 Å². The largest absolute Gasteiger partial charge is 0.492 e. The van der Waals surface area contributed by atoms with Gasteiger partial charge in [0.15, 0.2) is 0 Å². The molecule has 5 heteroatoms. The Morgan fingerprint density at radius 1 is 1.00 bits per heavy atom. The van der Waals surface area contributed by atoms with Gasteiger partial charge < -0.3 is 9.47 Å². The topological polar surface area (TPSA) is 83.1 Å². The third-order valence-corrected chi connectivity index (χ3v) is 5.45. The Kier molecular flexibility index (Phi) is 8.82. The van der Waals surface area contributed by atoms with Crippen LogP contribution in [0.3, 0.4) is 0 Å². The number of rotatable bonds is 9. The molecule has 5 nitrogen and oxygen atoms in total. The molecule has 1 aliphatic carbocycles. The molecule has 0 unspecified atom stereocenters. The number of unbranched alkanes of at least 4 members (excludes halogenated alkanes) is 2. The van der Waals surface area contributed by atoms with Gasteiger partial charge in [-0.05, 0) is 50.2 Å². The average Bonchev–Trinajstić information content (AvgIpc) is 2.72. The summed E-state index contributed by atoms with van der Waals surface area (Å²) < 4.78 is 11.2. The van der Waals surface area contributed by atoms with Crippen LogP contribution in [0.4, 0.5) is 0 Å². The first-order valence-corrected chi connectivity index (χ1v) is 10.5. The molecule has 0 aliphatic heterocycles. The standard InChI is InChI=1S/C23H30N2O3/c1-3-5-6-14-27-21-12-13-22(20(16-25)19(21)15-24)28-23(26)18-10-8-17(7-4-2)9-11-18/h12-13,17-18H,3-11,14H2,1-2H3/t17-,18-. The number of hydrogen-bond donors (Lipinski definition) is 0. The van der Waals surface area contributed by atoms with Gasteiger partial charge in [0.1, 0.15) is 34.8 Å². The van der Waals surface area contributed by atoms with Gasteiger partial charge in [-0.15, -0.1) is 0 Å². The SMILES string of the molecule is CCCCCOc1ccc(OC(=O)[C@H]2CC[C@H](CCC)CC2)c(C#N)c1C#N. The van der Waals surface area contributed by atoms with Gasteiger partial charge in [-0.2, -0.15) is 10.5 Å².